The van der Waals surface area contributed by atoms with Crippen LogP contribution in [0.2, 0.25) is 0 Å². The summed E-state index contributed by atoms with van der Waals surface area (Å²) in [6, 6.07) is 9.14. The van der Waals surface area contributed by atoms with Crippen molar-refractivity contribution < 1.29 is 13.6 Å². The second kappa shape index (κ2) is 5.63. The van der Waals surface area contributed by atoms with Crippen LogP contribution >= 0.6 is 0 Å². The summed E-state index contributed by atoms with van der Waals surface area (Å²) in [6.45, 7) is 0. The van der Waals surface area contributed by atoms with Crippen molar-refractivity contribution in [2.24, 2.45) is 5.73 Å². The smallest absolute Gasteiger partial charge is 0.218 e. The van der Waals surface area contributed by atoms with Gasteiger partial charge in [-0.15, -0.1) is 0 Å². The molecule has 0 fully saturated rings. The van der Waals surface area contributed by atoms with E-state index in [4.69, 9.17) is 5.73 Å². The van der Waals surface area contributed by atoms with Crippen molar-refractivity contribution in [1.82, 2.24) is 0 Å². The molecule has 0 saturated heterocycles. The van der Waals surface area contributed by atoms with E-state index in [0.29, 0.717) is 6.42 Å². The van der Waals surface area contributed by atoms with E-state index in [-0.39, 0.29) is 6.42 Å². The Morgan fingerprint density at radius 2 is 2.00 bits per heavy atom. The average Bonchev–Trinajstić information content (AvgIpc) is 2.17. The van der Waals surface area contributed by atoms with Crippen LogP contribution < -0.4 is 5.73 Å². The lowest BCUT2D eigenvalue weighted by atomic mass is 10.1. The standard InChI is InChI=1S/C10H13NO3S/c11-10(12)7-9(15(13)14)6-8-4-2-1-3-5-8/h1-5,9H,6-7H2,(H2,11,12)(H,13,14)/p-1. The normalized spacial score (nSPS) is 14.5. The van der Waals surface area contributed by atoms with Crippen molar-refractivity contribution in [3.8, 4) is 0 Å². The van der Waals surface area contributed by atoms with Gasteiger partial charge in [-0.25, -0.2) is 0 Å². The maximum atomic E-state index is 10.8. The van der Waals surface area contributed by atoms with Crippen LogP contribution in [0.25, 0.3) is 0 Å². The van der Waals surface area contributed by atoms with Gasteiger partial charge in [0.15, 0.2) is 0 Å². The van der Waals surface area contributed by atoms with Crippen LogP contribution in [0.4, 0.5) is 0 Å². The largest absolute Gasteiger partial charge is 0.772 e. The second-order valence-corrected chi connectivity index (χ2v) is 4.43. The predicted molar refractivity (Wildman–Crippen MR) is 56.7 cm³/mol. The third-order valence-electron chi connectivity index (χ3n) is 2.01. The van der Waals surface area contributed by atoms with E-state index < -0.39 is 22.2 Å². The van der Waals surface area contributed by atoms with Crippen LogP contribution in [0.5, 0.6) is 0 Å². The fourth-order valence-electron chi connectivity index (χ4n) is 1.31. The fourth-order valence-corrected chi connectivity index (χ4v) is 1.94. The number of amides is 1. The molecule has 2 atom stereocenters. The number of nitrogens with two attached hydrogens (primary N) is 1. The first-order valence-corrected chi connectivity index (χ1v) is 5.63. The highest BCUT2D eigenvalue weighted by Gasteiger charge is 2.13. The van der Waals surface area contributed by atoms with Gasteiger partial charge in [0.1, 0.15) is 0 Å². The quantitative estimate of drug-likeness (QED) is 0.735. The Bertz CT molecular complexity index is 353. The van der Waals surface area contributed by atoms with E-state index in [0.717, 1.165) is 5.56 Å². The summed E-state index contributed by atoms with van der Waals surface area (Å²) >= 11 is -2.28. The van der Waals surface area contributed by atoms with Crippen molar-refractivity contribution in [1.29, 1.82) is 0 Å². The van der Waals surface area contributed by atoms with E-state index in [2.05, 4.69) is 0 Å². The van der Waals surface area contributed by atoms with Gasteiger partial charge < -0.3 is 10.3 Å². The molecule has 2 unspecified atom stereocenters. The summed E-state index contributed by atoms with van der Waals surface area (Å²) in [5.41, 5.74) is 5.85. The van der Waals surface area contributed by atoms with Crippen LogP contribution in [0.1, 0.15) is 12.0 Å². The molecular formula is C10H12NO3S-. The Morgan fingerprint density at radius 3 is 2.47 bits per heavy atom. The summed E-state index contributed by atoms with van der Waals surface area (Å²) < 4.78 is 21.7. The maximum absolute atomic E-state index is 10.8. The first-order chi connectivity index (χ1) is 7.09. The van der Waals surface area contributed by atoms with E-state index in [9.17, 15) is 13.6 Å². The zero-order chi connectivity index (χ0) is 11.3. The number of carbonyl (C=O) groups excluding carboxylic acids is 1. The van der Waals surface area contributed by atoms with Crippen molar-refractivity contribution >= 4 is 17.0 Å². The maximum Gasteiger partial charge on any atom is 0.218 e. The Kier molecular flexibility index (Phi) is 4.45. The molecule has 0 radical (unpaired) electrons. The predicted octanol–water partition coefficient (Wildman–Crippen LogP) is 0.352. The second-order valence-electron chi connectivity index (χ2n) is 3.24. The first kappa shape index (κ1) is 11.9. The minimum Gasteiger partial charge on any atom is -0.772 e. The zero-order valence-electron chi connectivity index (χ0n) is 8.09. The molecule has 15 heavy (non-hydrogen) atoms. The van der Waals surface area contributed by atoms with Gasteiger partial charge >= 0.3 is 0 Å². The average molecular weight is 226 g/mol. The molecule has 82 valence electrons. The molecule has 4 nitrogen and oxygen atoms in total. The van der Waals surface area contributed by atoms with E-state index in [1.807, 2.05) is 30.3 Å². The monoisotopic (exact) mass is 226 g/mol. The third-order valence-corrected chi connectivity index (χ3v) is 2.88. The summed E-state index contributed by atoms with van der Waals surface area (Å²) in [5.74, 6) is -0.597. The van der Waals surface area contributed by atoms with Crippen LogP contribution in [0.15, 0.2) is 30.3 Å². The van der Waals surface area contributed by atoms with Crippen LogP contribution in [0.3, 0.4) is 0 Å². The molecule has 5 heteroatoms. The Labute approximate surface area is 90.8 Å². The SMILES string of the molecule is NC(=O)CC(Cc1ccccc1)S(=O)[O-]. The number of primary amides is 1. The first-order valence-electron chi connectivity index (χ1n) is 4.50. The molecule has 0 aliphatic heterocycles. The molecule has 0 aliphatic rings. The van der Waals surface area contributed by atoms with Crippen molar-refractivity contribution in [2.75, 3.05) is 0 Å². The molecule has 0 saturated carbocycles. The van der Waals surface area contributed by atoms with Gasteiger partial charge in [0.05, 0.1) is 0 Å². The highest BCUT2D eigenvalue weighted by atomic mass is 32.2. The number of rotatable bonds is 5. The van der Waals surface area contributed by atoms with Crippen LogP contribution in [-0.2, 0) is 22.3 Å². The van der Waals surface area contributed by atoms with E-state index >= 15 is 0 Å². The number of benzene rings is 1. The van der Waals surface area contributed by atoms with Crippen molar-refractivity contribution in [2.45, 2.75) is 18.1 Å². The minimum absolute atomic E-state index is 0.134. The summed E-state index contributed by atoms with van der Waals surface area (Å²) in [5, 5.41) is -0.732. The topological polar surface area (TPSA) is 83.2 Å². The molecule has 1 amide bonds. The Hall–Kier alpha value is -1.20. The van der Waals surface area contributed by atoms with Gasteiger partial charge in [-0.1, -0.05) is 41.4 Å². The molecule has 0 bridgehead atoms. The number of hydrogen-bond acceptors (Lipinski definition) is 3. The Balaban J connectivity index is 2.67. The van der Waals surface area contributed by atoms with Gasteiger partial charge in [0.25, 0.3) is 0 Å². The molecule has 1 aromatic carbocycles. The van der Waals surface area contributed by atoms with Crippen molar-refractivity contribution in [3.05, 3.63) is 35.9 Å². The van der Waals surface area contributed by atoms with E-state index in [1.165, 1.54) is 0 Å². The molecule has 2 N–H and O–H groups in total. The van der Waals surface area contributed by atoms with Crippen LogP contribution in [0, 0.1) is 0 Å². The lowest BCUT2D eigenvalue weighted by Crippen LogP contribution is -2.25. The fraction of sp³-hybridized carbons (Fsp3) is 0.300. The van der Waals surface area contributed by atoms with Gasteiger partial charge in [-0.05, 0) is 12.0 Å². The van der Waals surface area contributed by atoms with Gasteiger partial charge in [-0.2, -0.15) is 0 Å². The summed E-state index contributed by atoms with van der Waals surface area (Å²) in [7, 11) is 0. The van der Waals surface area contributed by atoms with Gasteiger partial charge in [-0.3, -0.25) is 9.00 Å². The molecule has 0 aromatic heterocycles. The highest BCUT2D eigenvalue weighted by molar-refractivity contribution is 7.79. The Morgan fingerprint density at radius 1 is 1.40 bits per heavy atom. The lowest BCUT2D eigenvalue weighted by Gasteiger charge is -2.18. The summed E-state index contributed by atoms with van der Waals surface area (Å²) in [6.07, 6.45) is 0.185. The van der Waals surface area contributed by atoms with Gasteiger partial charge in [0.2, 0.25) is 5.91 Å². The van der Waals surface area contributed by atoms with Crippen LogP contribution in [-0.4, -0.2) is 19.9 Å². The zero-order valence-corrected chi connectivity index (χ0v) is 8.91. The molecule has 0 heterocycles. The molecule has 1 aromatic rings. The van der Waals surface area contributed by atoms with Gasteiger partial charge in [0, 0.05) is 11.7 Å². The number of carbonyl (C=O) groups is 1. The summed E-state index contributed by atoms with van der Waals surface area (Å²) in [4.78, 5) is 10.7. The molecule has 0 spiro atoms. The number of hydrogen-bond donors (Lipinski definition) is 1. The molecule has 1 rings (SSSR count). The minimum atomic E-state index is -2.28. The molecule has 0 aliphatic carbocycles. The molecular weight excluding hydrogens is 214 g/mol. The van der Waals surface area contributed by atoms with Crippen molar-refractivity contribution in [3.63, 3.8) is 0 Å². The highest BCUT2D eigenvalue weighted by Crippen LogP contribution is 2.09. The van der Waals surface area contributed by atoms with E-state index in [1.54, 1.807) is 0 Å². The lowest BCUT2D eigenvalue weighted by molar-refractivity contribution is -0.118. The third kappa shape index (κ3) is 4.22.